The van der Waals surface area contributed by atoms with Crippen molar-refractivity contribution < 1.29 is 8.95 Å². The molecule has 9 heteroatoms. The van der Waals surface area contributed by atoms with Gasteiger partial charge in [-0.1, -0.05) is 0 Å². The Labute approximate surface area is 115 Å². The molecular weight excluding hydrogens is 268 g/mol. The Kier molecular flexibility index (Phi) is 6.43. The van der Waals surface area contributed by atoms with Crippen molar-refractivity contribution in [3.63, 3.8) is 0 Å². The molecule has 0 spiro atoms. The number of nitrogen functional groups attached to an aromatic ring is 1. The Morgan fingerprint density at radius 2 is 2.05 bits per heavy atom. The maximum atomic E-state index is 11.0. The Morgan fingerprint density at radius 1 is 1.37 bits per heavy atom. The lowest BCUT2D eigenvalue weighted by atomic mass is 10.3. The number of aromatic nitrogens is 3. The summed E-state index contributed by atoms with van der Waals surface area (Å²) in [4.78, 5) is 12.1. The van der Waals surface area contributed by atoms with E-state index in [0.29, 0.717) is 18.3 Å². The number of rotatable bonds is 8. The van der Waals surface area contributed by atoms with Crippen LogP contribution < -0.4 is 21.3 Å². The first-order valence-electron chi connectivity index (χ1n) is 5.97. The summed E-state index contributed by atoms with van der Waals surface area (Å²) in [6.07, 6.45) is 2.43. The van der Waals surface area contributed by atoms with E-state index in [2.05, 4.69) is 25.7 Å². The van der Waals surface area contributed by atoms with Gasteiger partial charge >= 0.3 is 6.01 Å². The summed E-state index contributed by atoms with van der Waals surface area (Å²) in [5, 5.41) is 3.10. The van der Waals surface area contributed by atoms with E-state index in [4.69, 9.17) is 10.6 Å². The number of nitrogens with zero attached hydrogens (tertiary/aromatic N) is 3. The summed E-state index contributed by atoms with van der Waals surface area (Å²) in [6, 6.07) is 0.297. The van der Waals surface area contributed by atoms with Gasteiger partial charge in [0.05, 0.1) is 6.61 Å². The molecule has 1 heterocycles. The molecule has 0 saturated carbocycles. The van der Waals surface area contributed by atoms with Crippen LogP contribution in [0, 0.1) is 0 Å². The van der Waals surface area contributed by atoms with Crippen LogP contribution >= 0.6 is 0 Å². The third-order valence-electron chi connectivity index (χ3n) is 2.23. The summed E-state index contributed by atoms with van der Waals surface area (Å²) >= 11 is 0. The third kappa shape index (κ3) is 5.79. The summed E-state index contributed by atoms with van der Waals surface area (Å²) in [6.45, 7) is 4.26. The lowest BCUT2D eigenvalue weighted by Crippen LogP contribution is -2.21. The van der Waals surface area contributed by atoms with Gasteiger partial charge in [-0.3, -0.25) is 9.63 Å². The van der Waals surface area contributed by atoms with Crippen molar-refractivity contribution in [2.24, 2.45) is 5.84 Å². The highest BCUT2D eigenvalue weighted by Gasteiger charge is 2.09. The number of ether oxygens (including phenoxy) is 1. The van der Waals surface area contributed by atoms with Crippen LogP contribution in [0.2, 0.25) is 0 Å². The number of hydrogen-bond acceptors (Lipinski definition) is 8. The van der Waals surface area contributed by atoms with Gasteiger partial charge in [0.25, 0.3) is 0 Å². The largest absolute Gasteiger partial charge is 0.464 e. The molecule has 108 valence electrons. The molecule has 1 rings (SSSR count). The first-order chi connectivity index (χ1) is 9.05. The highest BCUT2D eigenvalue weighted by molar-refractivity contribution is 7.84. The minimum Gasteiger partial charge on any atom is -0.464 e. The molecule has 8 nitrogen and oxygen atoms in total. The van der Waals surface area contributed by atoms with Gasteiger partial charge in [-0.15, -0.1) is 0 Å². The molecule has 0 aliphatic heterocycles. The topological polar surface area (TPSA) is 115 Å². The minimum absolute atomic E-state index is 0.0893. The smallest absolute Gasteiger partial charge is 0.323 e. The maximum absolute atomic E-state index is 11.0. The molecule has 0 bridgehead atoms. The van der Waals surface area contributed by atoms with Crippen molar-refractivity contribution >= 4 is 22.7 Å². The first-order valence-corrected chi connectivity index (χ1v) is 7.70. The molecule has 19 heavy (non-hydrogen) atoms. The van der Waals surface area contributed by atoms with Crippen molar-refractivity contribution in [1.82, 2.24) is 15.0 Å². The van der Waals surface area contributed by atoms with Gasteiger partial charge in [-0.05, 0) is 20.3 Å². The zero-order chi connectivity index (χ0) is 14.3. The Morgan fingerprint density at radius 3 is 2.63 bits per heavy atom. The van der Waals surface area contributed by atoms with Gasteiger partial charge < -0.3 is 10.1 Å². The first kappa shape index (κ1) is 15.6. The van der Waals surface area contributed by atoms with Gasteiger partial charge in [0.1, 0.15) is 0 Å². The van der Waals surface area contributed by atoms with E-state index in [1.165, 1.54) is 0 Å². The van der Waals surface area contributed by atoms with Crippen LogP contribution in [0.5, 0.6) is 6.01 Å². The Hall–Kier alpha value is -1.48. The van der Waals surface area contributed by atoms with E-state index < -0.39 is 10.8 Å². The van der Waals surface area contributed by atoms with Crippen molar-refractivity contribution in [2.75, 3.05) is 29.4 Å². The standard InChI is InChI=1S/C10H20N6O2S/c1-4-18-10-14-8(13-9(15-10)16-11)12-7(2)5-6-19(3)17/h7H,4-6,11H2,1-3H3,(H2,12,13,14,15,16). The van der Waals surface area contributed by atoms with Gasteiger partial charge in [-0.25, -0.2) is 5.84 Å². The molecule has 0 aliphatic rings. The lowest BCUT2D eigenvalue weighted by molar-refractivity contribution is 0.312. The highest BCUT2D eigenvalue weighted by atomic mass is 32.2. The molecule has 0 radical (unpaired) electrons. The number of anilines is 2. The predicted molar refractivity (Wildman–Crippen MR) is 75.4 cm³/mol. The average molecular weight is 288 g/mol. The molecule has 1 aromatic rings. The van der Waals surface area contributed by atoms with E-state index in [1.807, 2.05) is 13.8 Å². The summed E-state index contributed by atoms with van der Waals surface area (Å²) < 4.78 is 16.3. The monoisotopic (exact) mass is 288 g/mol. The van der Waals surface area contributed by atoms with Crippen LogP contribution in [0.4, 0.5) is 11.9 Å². The van der Waals surface area contributed by atoms with Crippen LogP contribution in [0.15, 0.2) is 0 Å². The molecule has 0 aliphatic carbocycles. The zero-order valence-electron chi connectivity index (χ0n) is 11.3. The highest BCUT2D eigenvalue weighted by Crippen LogP contribution is 2.12. The molecule has 2 unspecified atom stereocenters. The van der Waals surface area contributed by atoms with Crippen molar-refractivity contribution in [1.29, 1.82) is 0 Å². The molecular formula is C10H20N6O2S. The Bertz CT molecular complexity index is 430. The van der Waals surface area contributed by atoms with Gasteiger partial charge in [0, 0.05) is 28.9 Å². The Balaban J connectivity index is 2.70. The fourth-order valence-corrected chi connectivity index (χ4v) is 2.00. The number of hydrazine groups is 1. The zero-order valence-corrected chi connectivity index (χ0v) is 12.2. The second-order valence-electron chi connectivity index (χ2n) is 3.95. The lowest BCUT2D eigenvalue weighted by Gasteiger charge is -2.14. The fourth-order valence-electron chi connectivity index (χ4n) is 1.31. The number of nitrogens with one attached hydrogen (secondary N) is 2. The summed E-state index contributed by atoms with van der Waals surface area (Å²) in [5.41, 5.74) is 2.36. The molecule has 0 amide bonds. The SMILES string of the molecule is CCOc1nc(NN)nc(NC(C)CCS(C)=O)n1. The van der Waals surface area contributed by atoms with E-state index >= 15 is 0 Å². The molecule has 2 atom stereocenters. The fraction of sp³-hybridized carbons (Fsp3) is 0.700. The third-order valence-corrected chi connectivity index (χ3v) is 3.04. The predicted octanol–water partition coefficient (Wildman–Crippen LogP) is 0.125. The van der Waals surface area contributed by atoms with E-state index in [1.54, 1.807) is 6.26 Å². The number of hydrogen-bond donors (Lipinski definition) is 3. The molecule has 0 saturated heterocycles. The van der Waals surface area contributed by atoms with Gasteiger partial charge in [-0.2, -0.15) is 15.0 Å². The normalized spacial score (nSPS) is 13.7. The minimum atomic E-state index is -0.808. The van der Waals surface area contributed by atoms with Crippen LogP contribution in [0.1, 0.15) is 20.3 Å². The van der Waals surface area contributed by atoms with Crippen molar-refractivity contribution in [2.45, 2.75) is 26.3 Å². The van der Waals surface area contributed by atoms with E-state index in [-0.39, 0.29) is 18.0 Å². The van der Waals surface area contributed by atoms with Gasteiger partial charge in [0.2, 0.25) is 11.9 Å². The van der Waals surface area contributed by atoms with Crippen LogP contribution in [0.3, 0.4) is 0 Å². The van der Waals surface area contributed by atoms with Crippen molar-refractivity contribution in [3.05, 3.63) is 0 Å². The van der Waals surface area contributed by atoms with Crippen LogP contribution in [0.25, 0.3) is 0 Å². The second kappa shape index (κ2) is 7.85. The summed E-state index contributed by atoms with van der Waals surface area (Å²) in [5.74, 6) is 6.52. The second-order valence-corrected chi connectivity index (χ2v) is 5.51. The molecule has 0 fully saturated rings. The summed E-state index contributed by atoms with van der Waals surface area (Å²) in [7, 11) is -0.808. The quantitative estimate of drug-likeness (QED) is 0.456. The van der Waals surface area contributed by atoms with E-state index in [9.17, 15) is 4.21 Å². The molecule has 0 aromatic carbocycles. The molecule has 4 N–H and O–H groups in total. The van der Waals surface area contributed by atoms with Crippen LogP contribution in [-0.4, -0.2) is 43.8 Å². The average Bonchev–Trinajstić information content (AvgIpc) is 2.36. The molecule has 1 aromatic heterocycles. The van der Waals surface area contributed by atoms with Crippen molar-refractivity contribution in [3.8, 4) is 6.01 Å². The van der Waals surface area contributed by atoms with E-state index in [0.717, 1.165) is 6.42 Å². The van der Waals surface area contributed by atoms with Crippen LogP contribution in [-0.2, 0) is 10.8 Å². The number of nitrogens with two attached hydrogens (primary N) is 1. The van der Waals surface area contributed by atoms with Gasteiger partial charge in [0.15, 0.2) is 0 Å². The maximum Gasteiger partial charge on any atom is 0.323 e.